The summed E-state index contributed by atoms with van der Waals surface area (Å²) in [7, 11) is 0.531. The van der Waals surface area contributed by atoms with Crippen molar-refractivity contribution < 1.29 is 32.8 Å². The zero-order chi connectivity index (χ0) is 34.3. The van der Waals surface area contributed by atoms with Gasteiger partial charge in [-0.15, -0.1) is 6.58 Å². The van der Waals surface area contributed by atoms with Crippen LogP contribution in [0.4, 0.5) is 0 Å². The van der Waals surface area contributed by atoms with Gasteiger partial charge in [-0.1, -0.05) is 6.08 Å². The number of likely N-dealkylation sites (tertiary alicyclic amines) is 1. The van der Waals surface area contributed by atoms with E-state index in [9.17, 15) is 23.4 Å². The highest BCUT2D eigenvalue weighted by Crippen LogP contribution is 2.26. The van der Waals surface area contributed by atoms with Crippen LogP contribution >= 0.6 is 0 Å². The third kappa shape index (κ3) is 11.8. The van der Waals surface area contributed by atoms with Gasteiger partial charge < -0.3 is 29.4 Å². The van der Waals surface area contributed by atoms with E-state index in [-0.39, 0.29) is 28.5 Å². The third-order valence-corrected chi connectivity index (χ3v) is 9.39. The van der Waals surface area contributed by atoms with Gasteiger partial charge in [-0.05, 0) is 90.7 Å². The Morgan fingerprint density at radius 2 is 1.94 bits per heavy atom. The molecular formula is C34H50N4O8S. The molecule has 1 aromatic heterocycles. The molecule has 3 aliphatic rings. The molecule has 1 saturated heterocycles. The largest absolute Gasteiger partial charge is 0.496 e. The van der Waals surface area contributed by atoms with Crippen LogP contribution in [0.5, 0.6) is 11.6 Å². The first-order valence-electron chi connectivity index (χ1n) is 16.4. The van der Waals surface area contributed by atoms with E-state index < -0.39 is 17.1 Å². The van der Waals surface area contributed by atoms with Gasteiger partial charge in [0, 0.05) is 36.2 Å². The van der Waals surface area contributed by atoms with Crippen LogP contribution in [0.25, 0.3) is 10.9 Å². The lowest BCUT2D eigenvalue weighted by Crippen LogP contribution is -2.49. The fourth-order valence-electron chi connectivity index (χ4n) is 5.08. The minimum atomic E-state index is -1.08. The minimum Gasteiger partial charge on any atom is -0.496 e. The number of unbranched alkanes of at least 4 members (excludes halogenated alkanes) is 2. The number of aromatic nitrogens is 1. The summed E-state index contributed by atoms with van der Waals surface area (Å²) in [6, 6.07) is 5.06. The lowest BCUT2D eigenvalue weighted by molar-refractivity contribution is -0.147. The molecule has 0 bridgehead atoms. The van der Waals surface area contributed by atoms with Gasteiger partial charge >= 0.3 is 0 Å². The molecule has 3 amide bonds. The number of carbonyl (C=O) groups is 3. The predicted octanol–water partition coefficient (Wildman–Crippen LogP) is 3.82. The predicted molar refractivity (Wildman–Crippen MR) is 183 cm³/mol. The van der Waals surface area contributed by atoms with Gasteiger partial charge in [-0.3, -0.25) is 23.9 Å². The van der Waals surface area contributed by atoms with E-state index in [4.69, 9.17) is 14.2 Å². The minimum absolute atomic E-state index is 0.00605. The second-order valence-electron chi connectivity index (χ2n) is 11.7. The molecule has 5 rings (SSSR count). The van der Waals surface area contributed by atoms with E-state index in [0.29, 0.717) is 43.5 Å². The number of nitrogens with one attached hydrogen (secondary N) is 3. The summed E-state index contributed by atoms with van der Waals surface area (Å²) < 4.78 is 29.0. The Hall–Kier alpha value is -3.71. The van der Waals surface area contributed by atoms with Crippen LogP contribution in [0.15, 0.2) is 35.6 Å². The van der Waals surface area contributed by atoms with Crippen molar-refractivity contribution >= 4 is 40.1 Å². The summed E-state index contributed by atoms with van der Waals surface area (Å²) >= 11 is 0. The molecule has 3 fully saturated rings. The number of pyridine rings is 1. The molecule has 2 saturated carbocycles. The average Bonchev–Trinajstić information content (AvgIpc) is 4.00. The number of allylic oxidation sites excluding steroid dienone is 1. The standard InChI is InChI=1S/C17H28N2O3.C13H15NO3.C4H7NO2S/c1-3-4-5-6-12-22-13(2)17(21)19-11-7-8-15(19)16(20)18-14-9-10-14;1-4-17-12-7-10(15)9-5-6-11(16-3)8(2)13(9)14-12;6-3-5-8(7)4-1-2-4/h3,13-15H,1,4-12H2,2H3,(H,18,20);5-7H,4H2,1-3H3,(H,14,15);3-4H,1-2H2,(H,5,6)/t13-,15?;;/m1../s1. The second-order valence-corrected chi connectivity index (χ2v) is 13.2. The lowest BCUT2D eigenvalue weighted by Gasteiger charge is -2.26. The quantitative estimate of drug-likeness (QED) is 0.146. The maximum atomic E-state index is 12.5. The maximum Gasteiger partial charge on any atom is 0.252 e. The molecule has 47 heavy (non-hydrogen) atoms. The molecule has 1 aromatic carbocycles. The summed E-state index contributed by atoms with van der Waals surface area (Å²) in [4.78, 5) is 51.0. The molecule has 260 valence electrons. The number of amides is 3. The third-order valence-electron chi connectivity index (χ3n) is 7.98. The molecular weight excluding hydrogens is 624 g/mol. The van der Waals surface area contributed by atoms with Gasteiger partial charge in [0.1, 0.15) is 28.9 Å². The number of hydrogen-bond donors (Lipinski definition) is 3. The number of rotatable bonds is 15. The summed E-state index contributed by atoms with van der Waals surface area (Å²) in [6.07, 6.45) is 10.6. The van der Waals surface area contributed by atoms with Crippen molar-refractivity contribution in [2.45, 2.75) is 102 Å². The Morgan fingerprint density at radius 3 is 2.55 bits per heavy atom. The zero-order valence-corrected chi connectivity index (χ0v) is 28.8. The second kappa shape index (κ2) is 19.2. The van der Waals surface area contributed by atoms with Gasteiger partial charge in [0.2, 0.25) is 12.3 Å². The van der Waals surface area contributed by atoms with Gasteiger partial charge in [-0.2, -0.15) is 0 Å². The number of hydrogen-bond acceptors (Lipinski definition) is 8. The Bertz CT molecular complexity index is 1440. The number of aromatic amines is 1. The number of aryl methyl sites for hydroxylation is 1. The molecule has 12 nitrogen and oxygen atoms in total. The van der Waals surface area contributed by atoms with Gasteiger partial charge in [0.15, 0.2) is 11.3 Å². The molecule has 2 heterocycles. The summed E-state index contributed by atoms with van der Waals surface area (Å²) in [5.74, 6) is 1.19. The number of H-pyrrole nitrogens is 1. The first-order chi connectivity index (χ1) is 22.6. The molecule has 2 aliphatic carbocycles. The first-order valence-corrected chi connectivity index (χ1v) is 17.6. The number of carbonyl (C=O) groups excluding carboxylic acids is 3. The molecule has 3 atom stereocenters. The van der Waals surface area contributed by atoms with E-state index in [1.807, 2.05) is 19.9 Å². The van der Waals surface area contributed by atoms with Crippen molar-refractivity contribution in [3.8, 4) is 11.6 Å². The van der Waals surface area contributed by atoms with Gasteiger partial charge in [-0.25, -0.2) is 4.21 Å². The molecule has 1 aliphatic heterocycles. The molecule has 13 heteroatoms. The fraction of sp³-hybridized carbons (Fsp3) is 0.588. The van der Waals surface area contributed by atoms with Crippen molar-refractivity contribution in [3.63, 3.8) is 0 Å². The van der Waals surface area contributed by atoms with Crippen LogP contribution in [0.3, 0.4) is 0 Å². The molecule has 0 spiro atoms. The first kappa shape index (κ1) is 37.7. The van der Waals surface area contributed by atoms with Crippen LogP contribution < -0.4 is 24.9 Å². The normalized spacial score (nSPS) is 18.0. The summed E-state index contributed by atoms with van der Waals surface area (Å²) in [6.45, 7) is 11.0. The Kier molecular flexibility index (Phi) is 15.4. The van der Waals surface area contributed by atoms with Crippen molar-refractivity contribution in [1.82, 2.24) is 19.9 Å². The van der Waals surface area contributed by atoms with Crippen molar-refractivity contribution in [2.75, 3.05) is 26.9 Å². The van der Waals surface area contributed by atoms with E-state index in [2.05, 4.69) is 21.6 Å². The number of ether oxygens (including phenoxy) is 3. The maximum absolute atomic E-state index is 12.5. The Morgan fingerprint density at radius 1 is 1.19 bits per heavy atom. The van der Waals surface area contributed by atoms with Crippen LogP contribution in [0, 0.1) is 6.92 Å². The Labute approximate surface area is 279 Å². The molecule has 2 aromatic rings. The highest BCUT2D eigenvalue weighted by molar-refractivity contribution is 7.84. The van der Waals surface area contributed by atoms with Crippen molar-refractivity contribution in [1.29, 1.82) is 0 Å². The zero-order valence-electron chi connectivity index (χ0n) is 28.0. The van der Waals surface area contributed by atoms with E-state index in [1.54, 1.807) is 31.1 Å². The Balaban J connectivity index is 0.000000211. The van der Waals surface area contributed by atoms with Gasteiger partial charge in [0.05, 0.1) is 24.5 Å². The smallest absolute Gasteiger partial charge is 0.252 e. The topological polar surface area (TPSA) is 156 Å². The van der Waals surface area contributed by atoms with Crippen LogP contribution in [0.1, 0.15) is 77.2 Å². The van der Waals surface area contributed by atoms with Crippen LogP contribution in [-0.2, 0) is 30.1 Å². The number of fused-ring (bicyclic) bond motifs is 1. The van der Waals surface area contributed by atoms with E-state index in [1.165, 1.54) is 6.07 Å². The van der Waals surface area contributed by atoms with E-state index >= 15 is 0 Å². The fourth-order valence-corrected chi connectivity index (χ4v) is 5.93. The highest BCUT2D eigenvalue weighted by Gasteiger charge is 2.38. The SMILES string of the molecule is C=CCCCCO[C@H](C)C(=O)N1CCCC1C(=O)NC1CC1.CCOc1cc(=O)c2ccc(OC)c(C)c2[nH]1.O=CNS(=O)C1CC1. The molecule has 3 N–H and O–H groups in total. The van der Waals surface area contributed by atoms with E-state index in [0.717, 1.165) is 74.6 Å². The summed E-state index contributed by atoms with van der Waals surface area (Å²) in [5, 5.41) is 3.90. The van der Waals surface area contributed by atoms with Gasteiger partial charge in [0.25, 0.3) is 5.91 Å². The lowest BCUT2D eigenvalue weighted by atomic mass is 10.1. The van der Waals surface area contributed by atoms with Crippen LogP contribution in [0.2, 0.25) is 0 Å². The monoisotopic (exact) mass is 674 g/mol. The molecule has 2 unspecified atom stereocenters. The number of methoxy groups -OCH3 is 1. The number of nitrogens with zero attached hydrogens (tertiary/aromatic N) is 1. The number of benzene rings is 1. The average molecular weight is 675 g/mol. The van der Waals surface area contributed by atoms with Crippen molar-refractivity contribution in [3.05, 3.63) is 46.6 Å². The highest BCUT2D eigenvalue weighted by atomic mass is 32.2. The van der Waals surface area contributed by atoms with Crippen LogP contribution in [-0.4, -0.2) is 82.6 Å². The van der Waals surface area contributed by atoms with Crippen molar-refractivity contribution in [2.24, 2.45) is 0 Å². The molecule has 0 radical (unpaired) electrons. The summed E-state index contributed by atoms with van der Waals surface area (Å²) in [5.41, 5.74) is 1.62.